The molecule has 1 aromatic rings. The van der Waals surface area contributed by atoms with E-state index < -0.39 is 17.5 Å². The van der Waals surface area contributed by atoms with Crippen LogP contribution in [0.4, 0.5) is 20.7 Å². The normalized spacial score (nSPS) is 15.6. The van der Waals surface area contributed by atoms with Crippen LogP contribution in [0.5, 0.6) is 0 Å². The van der Waals surface area contributed by atoms with E-state index in [1.807, 2.05) is 0 Å². The second-order valence-electron chi connectivity index (χ2n) is 5.85. The molecule has 0 saturated carbocycles. The predicted octanol–water partition coefficient (Wildman–Crippen LogP) is 3.06. The van der Waals surface area contributed by atoms with E-state index in [9.17, 15) is 9.18 Å². The van der Waals surface area contributed by atoms with Crippen LogP contribution in [0.3, 0.4) is 0 Å². The van der Waals surface area contributed by atoms with Crippen LogP contribution in [-0.4, -0.2) is 43.0 Å². The van der Waals surface area contributed by atoms with Gasteiger partial charge in [-0.3, -0.25) is 5.32 Å². The fraction of sp³-hybridized carbons (Fsp3) is 0.571. The van der Waals surface area contributed by atoms with E-state index in [0.29, 0.717) is 26.3 Å². The lowest BCUT2D eigenvalue weighted by Crippen LogP contribution is -2.37. The molecule has 1 aliphatic rings. The average Bonchev–Trinajstić information content (AvgIpc) is 2.42. The van der Waals surface area contributed by atoms with Gasteiger partial charge in [0.05, 0.1) is 24.4 Å². The molecule has 0 unspecified atom stereocenters. The zero-order valence-corrected chi connectivity index (χ0v) is 13.5. The van der Waals surface area contributed by atoms with E-state index in [4.69, 9.17) is 21.1 Å². The fourth-order valence-electron chi connectivity index (χ4n) is 1.97. The van der Waals surface area contributed by atoms with Gasteiger partial charge in [0.2, 0.25) is 0 Å². The molecule has 1 aromatic heterocycles. The van der Waals surface area contributed by atoms with Crippen molar-refractivity contribution in [2.24, 2.45) is 0 Å². The van der Waals surface area contributed by atoms with Gasteiger partial charge in [-0.25, -0.2) is 14.2 Å². The van der Waals surface area contributed by atoms with E-state index in [2.05, 4.69) is 10.3 Å². The highest BCUT2D eigenvalue weighted by Gasteiger charge is 2.24. The van der Waals surface area contributed by atoms with Gasteiger partial charge in [0.1, 0.15) is 11.3 Å². The number of amides is 1. The van der Waals surface area contributed by atoms with Crippen molar-refractivity contribution in [1.29, 1.82) is 0 Å². The lowest BCUT2D eigenvalue weighted by Gasteiger charge is -2.28. The Kier molecular flexibility index (Phi) is 5.08. The molecule has 1 saturated heterocycles. The summed E-state index contributed by atoms with van der Waals surface area (Å²) in [6.07, 6.45) is 0.537. The second-order valence-corrected chi connectivity index (χ2v) is 6.25. The highest BCUT2D eigenvalue weighted by molar-refractivity contribution is 6.33. The Hall–Kier alpha value is -1.60. The van der Waals surface area contributed by atoms with Gasteiger partial charge in [-0.2, -0.15) is 0 Å². The molecule has 22 heavy (non-hydrogen) atoms. The highest BCUT2D eigenvalue weighted by Crippen LogP contribution is 2.31. The third kappa shape index (κ3) is 4.20. The Labute approximate surface area is 133 Å². The number of nitrogens with one attached hydrogen (secondary N) is 1. The minimum Gasteiger partial charge on any atom is -0.444 e. The summed E-state index contributed by atoms with van der Waals surface area (Å²) < 4.78 is 24.9. The number of morpholine rings is 1. The van der Waals surface area contributed by atoms with E-state index in [-0.39, 0.29) is 16.5 Å². The number of ether oxygens (including phenoxy) is 2. The number of halogens is 2. The molecule has 0 radical (unpaired) electrons. The quantitative estimate of drug-likeness (QED) is 0.902. The minimum absolute atomic E-state index is 0.0142. The monoisotopic (exact) mass is 331 g/mol. The SMILES string of the molecule is CC(C)(C)OC(=O)Nc1c(Cl)cnc(N2CCOCC2)c1F. The lowest BCUT2D eigenvalue weighted by atomic mass is 10.2. The van der Waals surface area contributed by atoms with Crippen LogP contribution >= 0.6 is 11.6 Å². The van der Waals surface area contributed by atoms with Crippen molar-refractivity contribution >= 4 is 29.2 Å². The zero-order chi connectivity index (χ0) is 16.3. The summed E-state index contributed by atoms with van der Waals surface area (Å²) in [4.78, 5) is 17.6. The van der Waals surface area contributed by atoms with Crippen LogP contribution in [0.2, 0.25) is 5.02 Å². The smallest absolute Gasteiger partial charge is 0.412 e. The molecule has 1 aliphatic heterocycles. The zero-order valence-electron chi connectivity index (χ0n) is 12.8. The second kappa shape index (κ2) is 6.66. The van der Waals surface area contributed by atoms with Crippen molar-refractivity contribution in [1.82, 2.24) is 4.98 Å². The van der Waals surface area contributed by atoms with Gasteiger partial charge in [0.25, 0.3) is 0 Å². The van der Waals surface area contributed by atoms with E-state index in [1.54, 1.807) is 25.7 Å². The van der Waals surface area contributed by atoms with Crippen molar-refractivity contribution in [3.05, 3.63) is 17.0 Å². The standard InChI is InChI=1S/C14H19ClFN3O3/c1-14(2,3)22-13(20)18-11-9(15)8-17-12(10(11)16)19-4-6-21-7-5-19/h8H,4-7H2,1-3H3,(H,17,18,20). The molecule has 0 aromatic carbocycles. The molecule has 1 N–H and O–H groups in total. The first kappa shape index (κ1) is 16.8. The van der Waals surface area contributed by atoms with Gasteiger partial charge in [-0.1, -0.05) is 11.6 Å². The van der Waals surface area contributed by atoms with Gasteiger partial charge >= 0.3 is 6.09 Å². The maximum absolute atomic E-state index is 14.6. The number of carbonyl (C=O) groups excluding carboxylic acids is 1. The molecule has 0 bridgehead atoms. The van der Waals surface area contributed by atoms with Crippen LogP contribution in [0.1, 0.15) is 20.8 Å². The number of carbonyl (C=O) groups is 1. The van der Waals surface area contributed by atoms with E-state index in [0.717, 1.165) is 0 Å². The molecule has 0 aliphatic carbocycles. The highest BCUT2D eigenvalue weighted by atomic mass is 35.5. The number of aromatic nitrogens is 1. The molecule has 1 amide bonds. The maximum Gasteiger partial charge on any atom is 0.412 e. The number of anilines is 2. The molecular formula is C14H19ClFN3O3. The summed E-state index contributed by atoms with van der Waals surface area (Å²) in [5.74, 6) is -0.543. The summed E-state index contributed by atoms with van der Waals surface area (Å²) in [5.41, 5.74) is -0.819. The van der Waals surface area contributed by atoms with Crippen LogP contribution in [0.15, 0.2) is 6.20 Å². The van der Waals surface area contributed by atoms with Crippen molar-refractivity contribution in [2.75, 3.05) is 36.5 Å². The Bertz CT molecular complexity index is 557. The molecule has 8 heteroatoms. The molecular weight excluding hydrogens is 313 g/mol. The number of hydrogen-bond donors (Lipinski definition) is 1. The first-order chi connectivity index (χ1) is 10.3. The Morgan fingerprint density at radius 1 is 1.45 bits per heavy atom. The first-order valence-corrected chi connectivity index (χ1v) is 7.32. The molecule has 2 heterocycles. The molecule has 0 spiro atoms. The lowest BCUT2D eigenvalue weighted by molar-refractivity contribution is 0.0635. The fourth-order valence-corrected chi connectivity index (χ4v) is 2.15. The van der Waals surface area contributed by atoms with Crippen LogP contribution in [0, 0.1) is 5.82 Å². The van der Waals surface area contributed by atoms with Crippen LogP contribution in [0.25, 0.3) is 0 Å². The summed E-state index contributed by atoms with van der Waals surface area (Å²) in [6, 6.07) is 0. The van der Waals surface area contributed by atoms with Gasteiger partial charge < -0.3 is 14.4 Å². The van der Waals surface area contributed by atoms with Gasteiger partial charge in [-0.05, 0) is 20.8 Å². The van der Waals surface area contributed by atoms with Crippen molar-refractivity contribution < 1.29 is 18.7 Å². The number of rotatable bonds is 2. The Balaban J connectivity index is 2.21. The van der Waals surface area contributed by atoms with Crippen molar-refractivity contribution in [2.45, 2.75) is 26.4 Å². The predicted molar refractivity (Wildman–Crippen MR) is 82.1 cm³/mol. The summed E-state index contributed by atoms with van der Waals surface area (Å²) >= 11 is 5.94. The largest absolute Gasteiger partial charge is 0.444 e. The van der Waals surface area contributed by atoms with Crippen molar-refractivity contribution in [3.8, 4) is 0 Å². The summed E-state index contributed by atoms with van der Waals surface area (Å²) in [5, 5.41) is 2.36. The summed E-state index contributed by atoms with van der Waals surface area (Å²) in [6.45, 7) is 7.20. The third-order valence-electron chi connectivity index (χ3n) is 2.89. The van der Waals surface area contributed by atoms with Crippen LogP contribution in [-0.2, 0) is 9.47 Å². The van der Waals surface area contributed by atoms with Gasteiger partial charge in [0, 0.05) is 13.1 Å². The Morgan fingerprint density at radius 2 is 2.09 bits per heavy atom. The minimum atomic E-state index is -0.771. The number of nitrogens with zero attached hydrogens (tertiary/aromatic N) is 2. The van der Waals surface area contributed by atoms with Gasteiger partial charge in [-0.15, -0.1) is 0 Å². The summed E-state index contributed by atoms with van der Waals surface area (Å²) in [7, 11) is 0. The van der Waals surface area contributed by atoms with Crippen LogP contribution < -0.4 is 10.2 Å². The molecule has 0 atom stereocenters. The molecule has 1 fully saturated rings. The first-order valence-electron chi connectivity index (χ1n) is 6.94. The van der Waals surface area contributed by atoms with E-state index in [1.165, 1.54) is 6.20 Å². The molecule has 122 valence electrons. The topological polar surface area (TPSA) is 63.7 Å². The molecule has 6 nitrogen and oxygen atoms in total. The molecule has 2 rings (SSSR count). The maximum atomic E-state index is 14.6. The number of pyridine rings is 1. The third-order valence-corrected chi connectivity index (χ3v) is 3.18. The van der Waals surface area contributed by atoms with Crippen molar-refractivity contribution in [3.63, 3.8) is 0 Å². The van der Waals surface area contributed by atoms with Gasteiger partial charge in [0.15, 0.2) is 11.6 Å². The average molecular weight is 332 g/mol. The number of hydrogen-bond acceptors (Lipinski definition) is 5. The van der Waals surface area contributed by atoms with E-state index >= 15 is 0 Å². The Morgan fingerprint density at radius 3 is 2.68 bits per heavy atom.